The van der Waals surface area contributed by atoms with E-state index in [-0.39, 0.29) is 0 Å². The number of H-pyrrole nitrogens is 2. The second kappa shape index (κ2) is 9.92. The molecule has 0 spiro atoms. The van der Waals surface area contributed by atoms with Crippen LogP contribution in [-0.4, -0.2) is 25.1 Å². The minimum Gasteiger partial charge on any atom is -0.357 e. The van der Waals surface area contributed by atoms with Gasteiger partial charge in [0, 0.05) is 35.1 Å². The summed E-state index contributed by atoms with van der Waals surface area (Å²) in [5, 5.41) is 9.70. The average molecular weight is 434 g/mol. The highest BCUT2D eigenvalue weighted by Crippen LogP contribution is 2.29. The zero-order valence-electron chi connectivity index (χ0n) is 19.1. The largest absolute Gasteiger partial charge is 0.357 e. The van der Waals surface area contributed by atoms with Crippen molar-refractivity contribution in [1.82, 2.24) is 25.1 Å². The molecule has 4 rings (SSSR count). The van der Waals surface area contributed by atoms with Gasteiger partial charge in [0.2, 0.25) is 0 Å². The summed E-state index contributed by atoms with van der Waals surface area (Å²) < 4.78 is 0. The Morgan fingerprint density at radius 1 is 1.06 bits per heavy atom. The van der Waals surface area contributed by atoms with Crippen LogP contribution in [0.3, 0.4) is 0 Å². The number of nitrogens with zero attached hydrogens (tertiary/aromatic N) is 3. The summed E-state index contributed by atoms with van der Waals surface area (Å²) in [5.41, 5.74) is 7.86. The molecule has 0 saturated carbocycles. The minimum absolute atomic E-state index is 0.829. The average Bonchev–Trinajstić information content (AvgIpc) is 3.43. The molecule has 0 saturated heterocycles. The van der Waals surface area contributed by atoms with Crippen molar-refractivity contribution in [3.63, 3.8) is 0 Å². The van der Waals surface area contributed by atoms with Gasteiger partial charge in [0.15, 0.2) is 0 Å². The van der Waals surface area contributed by atoms with Crippen molar-refractivity contribution in [1.29, 1.82) is 0 Å². The summed E-state index contributed by atoms with van der Waals surface area (Å²) in [6, 6.07) is 12.0. The fraction of sp³-hybridized carbons (Fsp3) is 0.107. The summed E-state index contributed by atoms with van der Waals surface area (Å²) in [4.78, 5) is 12.1. The lowest BCUT2D eigenvalue weighted by Crippen LogP contribution is -2.23. The molecular formula is C28H27N5. The second-order valence-electron chi connectivity index (χ2n) is 7.64. The Kier molecular flexibility index (Phi) is 6.60. The van der Waals surface area contributed by atoms with E-state index in [1.54, 1.807) is 6.20 Å². The highest BCUT2D eigenvalue weighted by Gasteiger charge is 2.15. The first-order chi connectivity index (χ1) is 16.1. The number of aryl methyl sites for hydroxylation is 1. The van der Waals surface area contributed by atoms with E-state index in [4.69, 9.17) is 0 Å². The fourth-order valence-electron chi connectivity index (χ4n) is 3.77. The van der Waals surface area contributed by atoms with Crippen molar-refractivity contribution < 1.29 is 0 Å². The molecule has 5 heteroatoms. The maximum Gasteiger partial charge on any atom is 0.116 e. The molecule has 0 fully saturated rings. The zero-order valence-corrected chi connectivity index (χ0v) is 19.1. The lowest BCUT2D eigenvalue weighted by molar-refractivity contribution is 1.06. The molecule has 164 valence electrons. The van der Waals surface area contributed by atoms with Gasteiger partial charge in [-0.1, -0.05) is 36.9 Å². The second-order valence-corrected chi connectivity index (χ2v) is 7.64. The molecule has 4 aromatic heterocycles. The topological polar surface area (TPSA) is 70.2 Å². The fourth-order valence-corrected chi connectivity index (χ4v) is 3.77. The first kappa shape index (κ1) is 22.0. The van der Waals surface area contributed by atoms with Crippen LogP contribution in [-0.2, 0) is 0 Å². The molecule has 0 atom stereocenters. The quantitative estimate of drug-likeness (QED) is 0.429. The van der Waals surface area contributed by atoms with E-state index in [2.05, 4.69) is 56.9 Å². The van der Waals surface area contributed by atoms with Crippen LogP contribution in [0.5, 0.6) is 0 Å². The smallest absolute Gasteiger partial charge is 0.116 e. The predicted octanol–water partition coefficient (Wildman–Crippen LogP) is 4.81. The normalized spacial score (nSPS) is 13.2. The van der Waals surface area contributed by atoms with E-state index in [9.17, 15) is 0 Å². The van der Waals surface area contributed by atoms with E-state index in [0.29, 0.717) is 0 Å². The van der Waals surface area contributed by atoms with Crippen molar-refractivity contribution in [3.05, 3.63) is 113 Å². The molecule has 4 aromatic rings. The molecule has 0 amide bonds. The molecule has 33 heavy (non-hydrogen) atoms. The molecule has 0 unspecified atom stereocenters. The third-order valence-electron chi connectivity index (χ3n) is 5.44. The van der Waals surface area contributed by atoms with Crippen LogP contribution in [0.25, 0.3) is 34.7 Å². The van der Waals surface area contributed by atoms with Gasteiger partial charge in [-0.2, -0.15) is 5.10 Å². The van der Waals surface area contributed by atoms with Crippen LogP contribution in [0.15, 0.2) is 79.8 Å². The molecule has 0 aliphatic heterocycles. The van der Waals surface area contributed by atoms with E-state index < -0.39 is 0 Å². The van der Waals surface area contributed by atoms with Gasteiger partial charge >= 0.3 is 0 Å². The number of hydrogen-bond acceptors (Lipinski definition) is 3. The molecule has 0 radical (unpaired) electrons. The van der Waals surface area contributed by atoms with Gasteiger partial charge in [0.05, 0.1) is 16.7 Å². The molecule has 0 aliphatic carbocycles. The van der Waals surface area contributed by atoms with Gasteiger partial charge in [0.25, 0.3) is 0 Å². The van der Waals surface area contributed by atoms with Gasteiger partial charge in [0.1, 0.15) is 5.69 Å². The van der Waals surface area contributed by atoms with Crippen molar-refractivity contribution in [3.8, 4) is 11.4 Å². The maximum atomic E-state index is 4.63. The van der Waals surface area contributed by atoms with Gasteiger partial charge in [-0.05, 0) is 73.9 Å². The van der Waals surface area contributed by atoms with Crippen LogP contribution >= 0.6 is 0 Å². The standard InChI is InChI=1S/C28H27N5/c1-5-7-10-22(21-12-15-29-16-13-21)23-18-27(31-20(23)4)28-24(25(6-2)32-33-28)17-19(3)26-11-8-9-14-30-26/h5-18,31-32H,3H2,1-2,4H3/b7-5-,22-10-,24-17+,25-6+. The Bertz CT molecular complexity index is 1440. The van der Waals surface area contributed by atoms with Crippen molar-refractivity contribution in [2.75, 3.05) is 0 Å². The van der Waals surface area contributed by atoms with Gasteiger partial charge in [-0.15, -0.1) is 0 Å². The maximum absolute atomic E-state index is 4.63. The highest BCUT2D eigenvalue weighted by atomic mass is 15.1. The first-order valence-corrected chi connectivity index (χ1v) is 10.9. The number of aromatic amines is 2. The van der Waals surface area contributed by atoms with Crippen LogP contribution < -0.4 is 10.6 Å². The van der Waals surface area contributed by atoms with E-state index >= 15 is 0 Å². The summed E-state index contributed by atoms with van der Waals surface area (Å²) >= 11 is 0. The Labute approximate surface area is 193 Å². The molecule has 5 nitrogen and oxygen atoms in total. The van der Waals surface area contributed by atoms with Crippen LogP contribution in [0, 0.1) is 6.92 Å². The van der Waals surface area contributed by atoms with Crippen LogP contribution in [0.4, 0.5) is 0 Å². The molecular weight excluding hydrogens is 406 g/mol. The minimum atomic E-state index is 0.829. The third kappa shape index (κ3) is 4.67. The van der Waals surface area contributed by atoms with Crippen molar-refractivity contribution in [2.45, 2.75) is 20.8 Å². The van der Waals surface area contributed by atoms with Gasteiger partial charge < -0.3 is 4.98 Å². The lowest BCUT2D eigenvalue weighted by Gasteiger charge is -2.06. The Morgan fingerprint density at radius 3 is 2.58 bits per heavy atom. The summed E-state index contributed by atoms with van der Waals surface area (Å²) in [7, 11) is 0. The highest BCUT2D eigenvalue weighted by molar-refractivity contribution is 5.87. The zero-order chi connectivity index (χ0) is 23.2. The summed E-state index contributed by atoms with van der Waals surface area (Å²) in [6.45, 7) is 10.3. The number of hydrogen-bond donors (Lipinski definition) is 2. The van der Waals surface area contributed by atoms with Gasteiger partial charge in [-0.3, -0.25) is 15.1 Å². The number of rotatable bonds is 6. The SMILES string of the molecule is C=C(/C=c1/c(-c2cc(/C(=C\C=C/C)c3ccncc3)c(C)[nH]2)n[nH]/c1=C/C)c1ccccn1. The molecule has 0 aliphatic rings. The molecule has 2 N–H and O–H groups in total. The van der Waals surface area contributed by atoms with Crippen LogP contribution in [0.2, 0.25) is 0 Å². The van der Waals surface area contributed by atoms with E-state index in [1.165, 1.54) is 0 Å². The Hall–Kier alpha value is -4.25. The van der Waals surface area contributed by atoms with Crippen molar-refractivity contribution in [2.24, 2.45) is 0 Å². The van der Waals surface area contributed by atoms with E-state index in [0.717, 1.165) is 55.6 Å². The first-order valence-electron chi connectivity index (χ1n) is 10.9. The predicted molar refractivity (Wildman–Crippen MR) is 136 cm³/mol. The summed E-state index contributed by atoms with van der Waals surface area (Å²) in [5.74, 6) is 0. The van der Waals surface area contributed by atoms with Gasteiger partial charge in [-0.25, -0.2) is 0 Å². The Morgan fingerprint density at radius 2 is 1.88 bits per heavy atom. The lowest BCUT2D eigenvalue weighted by atomic mass is 9.98. The Balaban J connectivity index is 1.84. The van der Waals surface area contributed by atoms with E-state index in [1.807, 2.05) is 74.8 Å². The number of nitrogens with one attached hydrogen (secondary N) is 2. The molecule has 0 aromatic carbocycles. The number of aromatic nitrogens is 5. The van der Waals surface area contributed by atoms with Crippen LogP contribution in [0.1, 0.15) is 36.4 Å². The number of pyridine rings is 2. The summed E-state index contributed by atoms with van der Waals surface area (Å²) in [6.07, 6.45) is 15.7. The number of allylic oxidation sites excluding steroid dienone is 4. The monoisotopic (exact) mass is 433 g/mol. The molecule has 4 heterocycles. The molecule has 0 bridgehead atoms. The van der Waals surface area contributed by atoms with Crippen molar-refractivity contribution >= 4 is 23.3 Å². The third-order valence-corrected chi connectivity index (χ3v) is 5.44.